The number of para-hydroxylation sites is 1. The summed E-state index contributed by atoms with van der Waals surface area (Å²) < 4.78 is 14.0. The molecule has 1 atom stereocenters. The molecule has 1 aliphatic rings. The van der Waals surface area contributed by atoms with E-state index in [4.69, 9.17) is 0 Å². The Morgan fingerprint density at radius 1 is 1.47 bits per heavy atom. The Morgan fingerprint density at radius 3 is 2.71 bits per heavy atom. The summed E-state index contributed by atoms with van der Waals surface area (Å²) in [5, 5.41) is 9.75. The van der Waals surface area contributed by atoms with Gasteiger partial charge in [-0.25, -0.2) is 4.39 Å². The van der Waals surface area contributed by atoms with Gasteiger partial charge < -0.3 is 10.0 Å². The highest BCUT2D eigenvalue weighted by Crippen LogP contribution is 2.37. The van der Waals surface area contributed by atoms with Crippen LogP contribution in [0, 0.1) is 5.82 Å². The first-order valence-electron chi connectivity index (χ1n) is 6.38. The molecule has 0 heterocycles. The van der Waals surface area contributed by atoms with Gasteiger partial charge in [0.2, 0.25) is 0 Å². The molecule has 2 rings (SSSR count). The molecule has 17 heavy (non-hydrogen) atoms. The van der Waals surface area contributed by atoms with Crippen molar-refractivity contribution in [1.82, 2.24) is 0 Å². The maximum atomic E-state index is 14.0. The Hall–Kier alpha value is -1.09. The predicted octanol–water partition coefficient (Wildman–Crippen LogP) is 3.26. The number of rotatable bonds is 5. The summed E-state index contributed by atoms with van der Waals surface area (Å²) in [6, 6.07) is 5.42. The lowest BCUT2D eigenvalue weighted by atomic mass is 10.1. The van der Waals surface area contributed by atoms with Crippen molar-refractivity contribution in [2.75, 3.05) is 11.4 Å². The minimum Gasteiger partial charge on any atom is -0.389 e. The molecule has 1 aromatic carbocycles. The molecular formula is C14H20FNO. The average molecular weight is 237 g/mol. The lowest BCUT2D eigenvalue weighted by molar-refractivity contribution is 0.199. The lowest BCUT2D eigenvalue weighted by Gasteiger charge is -2.28. The first kappa shape index (κ1) is 12.4. The Balaban J connectivity index is 2.39. The van der Waals surface area contributed by atoms with Crippen LogP contribution in [0.1, 0.15) is 44.8 Å². The van der Waals surface area contributed by atoms with Crippen molar-refractivity contribution in [2.45, 2.75) is 45.3 Å². The van der Waals surface area contributed by atoms with Gasteiger partial charge in [-0.3, -0.25) is 0 Å². The topological polar surface area (TPSA) is 23.5 Å². The monoisotopic (exact) mass is 237 g/mol. The summed E-state index contributed by atoms with van der Waals surface area (Å²) in [6.07, 6.45) is 2.63. The van der Waals surface area contributed by atoms with Gasteiger partial charge in [-0.2, -0.15) is 0 Å². The summed E-state index contributed by atoms with van der Waals surface area (Å²) >= 11 is 0. The highest BCUT2D eigenvalue weighted by atomic mass is 19.1. The van der Waals surface area contributed by atoms with Crippen molar-refractivity contribution in [1.29, 1.82) is 0 Å². The van der Waals surface area contributed by atoms with Gasteiger partial charge in [0.05, 0.1) is 11.8 Å². The minimum atomic E-state index is -0.626. The molecular weight excluding hydrogens is 217 g/mol. The van der Waals surface area contributed by atoms with Crippen LogP contribution in [0.3, 0.4) is 0 Å². The average Bonchev–Trinajstić information content (AvgIpc) is 3.10. The zero-order valence-electron chi connectivity index (χ0n) is 10.5. The molecule has 0 aliphatic heterocycles. The third kappa shape index (κ3) is 2.60. The van der Waals surface area contributed by atoms with Gasteiger partial charge in [-0.15, -0.1) is 0 Å². The van der Waals surface area contributed by atoms with Gasteiger partial charge in [-0.1, -0.05) is 19.1 Å². The van der Waals surface area contributed by atoms with E-state index in [-0.39, 0.29) is 5.82 Å². The summed E-state index contributed by atoms with van der Waals surface area (Å²) in [7, 11) is 0. The number of halogens is 1. The molecule has 0 saturated heterocycles. The maximum Gasteiger partial charge on any atom is 0.146 e. The van der Waals surface area contributed by atoms with E-state index < -0.39 is 6.10 Å². The van der Waals surface area contributed by atoms with Gasteiger partial charge in [0, 0.05) is 18.2 Å². The quantitative estimate of drug-likeness (QED) is 0.849. The van der Waals surface area contributed by atoms with Crippen LogP contribution in [0.5, 0.6) is 0 Å². The van der Waals surface area contributed by atoms with Gasteiger partial charge >= 0.3 is 0 Å². The Labute approximate surface area is 102 Å². The number of aliphatic hydroxyl groups excluding tert-OH is 1. The zero-order chi connectivity index (χ0) is 12.4. The highest BCUT2D eigenvalue weighted by Gasteiger charge is 2.31. The second-order valence-electron chi connectivity index (χ2n) is 4.78. The number of benzene rings is 1. The third-order valence-corrected chi connectivity index (χ3v) is 3.21. The normalized spacial score (nSPS) is 16.9. The van der Waals surface area contributed by atoms with Crippen LogP contribution in [-0.4, -0.2) is 17.7 Å². The number of aliphatic hydroxyl groups is 1. The van der Waals surface area contributed by atoms with Crippen molar-refractivity contribution >= 4 is 5.69 Å². The summed E-state index contributed by atoms with van der Waals surface area (Å²) in [4.78, 5) is 2.12. The molecule has 0 unspecified atom stereocenters. The highest BCUT2D eigenvalue weighted by molar-refractivity contribution is 5.57. The zero-order valence-corrected chi connectivity index (χ0v) is 10.5. The van der Waals surface area contributed by atoms with Crippen LogP contribution < -0.4 is 4.90 Å². The van der Waals surface area contributed by atoms with E-state index in [0.717, 1.165) is 25.8 Å². The molecule has 1 aliphatic carbocycles. The smallest absolute Gasteiger partial charge is 0.146 e. The minimum absolute atomic E-state index is 0.219. The van der Waals surface area contributed by atoms with Crippen molar-refractivity contribution in [3.63, 3.8) is 0 Å². The molecule has 1 saturated carbocycles. The lowest BCUT2D eigenvalue weighted by Crippen LogP contribution is -2.28. The SMILES string of the molecule is CCCN(c1c(F)cccc1[C@@H](C)O)C1CC1. The summed E-state index contributed by atoms with van der Waals surface area (Å²) in [5.74, 6) is -0.219. The standard InChI is InChI=1S/C14H20FNO/c1-3-9-16(11-7-8-11)14-12(10(2)17)5-4-6-13(14)15/h4-6,10-11,17H,3,7-9H2,1-2H3/t10-/m1/s1. The fourth-order valence-corrected chi connectivity index (χ4v) is 2.28. The second-order valence-corrected chi connectivity index (χ2v) is 4.78. The third-order valence-electron chi connectivity index (χ3n) is 3.21. The van der Waals surface area contributed by atoms with E-state index >= 15 is 0 Å². The van der Waals surface area contributed by atoms with Crippen molar-refractivity contribution in [3.05, 3.63) is 29.6 Å². The van der Waals surface area contributed by atoms with Crippen LogP contribution in [0.15, 0.2) is 18.2 Å². The molecule has 0 radical (unpaired) electrons. The van der Waals surface area contributed by atoms with Crippen LogP contribution in [-0.2, 0) is 0 Å². The molecule has 0 bridgehead atoms. The van der Waals surface area contributed by atoms with Crippen LogP contribution in [0.2, 0.25) is 0 Å². The van der Waals surface area contributed by atoms with E-state index in [9.17, 15) is 9.50 Å². The molecule has 0 spiro atoms. The molecule has 2 nitrogen and oxygen atoms in total. The number of anilines is 1. The van der Waals surface area contributed by atoms with Gasteiger partial charge in [0.25, 0.3) is 0 Å². The van der Waals surface area contributed by atoms with Gasteiger partial charge in [-0.05, 0) is 32.3 Å². The Bertz CT molecular complexity index is 388. The largest absolute Gasteiger partial charge is 0.389 e. The van der Waals surface area contributed by atoms with Gasteiger partial charge in [0.1, 0.15) is 5.82 Å². The molecule has 3 heteroatoms. The van der Waals surface area contributed by atoms with Crippen molar-refractivity contribution in [2.24, 2.45) is 0 Å². The molecule has 94 valence electrons. The van der Waals surface area contributed by atoms with E-state index in [2.05, 4.69) is 11.8 Å². The second kappa shape index (κ2) is 5.05. The van der Waals surface area contributed by atoms with Crippen LogP contribution in [0.25, 0.3) is 0 Å². The fraction of sp³-hybridized carbons (Fsp3) is 0.571. The molecule has 1 N–H and O–H groups in total. The van der Waals surface area contributed by atoms with E-state index in [1.807, 2.05) is 6.07 Å². The molecule has 1 fully saturated rings. The fourth-order valence-electron chi connectivity index (χ4n) is 2.28. The van der Waals surface area contributed by atoms with Gasteiger partial charge in [0.15, 0.2) is 0 Å². The molecule has 0 aromatic heterocycles. The van der Waals surface area contributed by atoms with E-state index in [1.165, 1.54) is 6.07 Å². The van der Waals surface area contributed by atoms with Crippen molar-refractivity contribution < 1.29 is 9.50 Å². The number of nitrogens with zero attached hydrogens (tertiary/aromatic N) is 1. The molecule has 0 amide bonds. The molecule has 1 aromatic rings. The summed E-state index contributed by atoms with van der Waals surface area (Å²) in [6.45, 7) is 4.64. The maximum absolute atomic E-state index is 14.0. The Morgan fingerprint density at radius 2 is 2.18 bits per heavy atom. The summed E-state index contributed by atoms with van der Waals surface area (Å²) in [5.41, 5.74) is 1.30. The van der Waals surface area contributed by atoms with E-state index in [1.54, 1.807) is 13.0 Å². The predicted molar refractivity (Wildman–Crippen MR) is 67.7 cm³/mol. The van der Waals surface area contributed by atoms with Crippen molar-refractivity contribution in [3.8, 4) is 0 Å². The van der Waals surface area contributed by atoms with E-state index in [0.29, 0.717) is 17.3 Å². The first-order valence-corrected chi connectivity index (χ1v) is 6.38. The Kier molecular flexibility index (Phi) is 3.67. The number of hydrogen-bond acceptors (Lipinski definition) is 2. The van der Waals surface area contributed by atoms with Crippen LogP contribution >= 0.6 is 0 Å². The first-order chi connectivity index (χ1) is 8.15. The number of hydrogen-bond donors (Lipinski definition) is 1. The van der Waals surface area contributed by atoms with Crippen LogP contribution in [0.4, 0.5) is 10.1 Å².